The van der Waals surface area contributed by atoms with E-state index in [1.807, 2.05) is 82.5 Å². The highest BCUT2D eigenvalue weighted by atomic mass is 79.9. The first-order valence-electron chi connectivity index (χ1n) is 11.8. The minimum absolute atomic E-state index is 0.891. The Labute approximate surface area is 236 Å². The van der Waals surface area contributed by atoms with Crippen LogP contribution in [0, 0.1) is 0 Å². The zero-order chi connectivity index (χ0) is 25.9. The first-order chi connectivity index (χ1) is 18.7. The number of aromatic nitrogens is 4. The molecule has 6 rings (SSSR count). The van der Waals surface area contributed by atoms with Gasteiger partial charge >= 0.3 is 0 Å². The molecule has 38 heavy (non-hydrogen) atoms. The third-order valence-electron chi connectivity index (χ3n) is 6.09. The second-order valence-electron chi connectivity index (χ2n) is 8.53. The number of nitrogens with zero attached hydrogens (tertiary/aromatic N) is 6. The molecule has 0 aliphatic rings. The van der Waals surface area contributed by atoms with Crippen molar-refractivity contribution in [3.63, 3.8) is 0 Å². The Kier molecular flexibility index (Phi) is 6.81. The predicted octanol–water partition coefficient (Wildman–Crippen LogP) is 8.24. The van der Waals surface area contributed by atoms with E-state index in [1.165, 1.54) is 0 Å². The Balaban J connectivity index is 1.27. The summed E-state index contributed by atoms with van der Waals surface area (Å²) in [4.78, 5) is 17.9. The van der Waals surface area contributed by atoms with E-state index in [2.05, 4.69) is 66.1 Å². The van der Waals surface area contributed by atoms with E-state index in [-0.39, 0.29) is 0 Å². The number of rotatable bonds is 6. The van der Waals surface area contributed by atoms with Crippen molar-refractivity contribution in [2.24, 2.45) is 9.98 Å². The third kappa shape index (κ3) is 5.01. The normalized spacial score (nSPS) is 11.7. The van der Waals surface area contributed by atoms with Gasteiger partial charge in [-0.25, -0.2) is 9.97 Å². The quantitative estimate of drug-likeness (QED) is 0.175. The smallest absolute Gasteiger partial charge is 0.0992 e. The minimum Gasteiger partial charge on any atom is -0.305 e. The van der Waals surface area contributed by atoms with Gasteiger partial charge < -0.3 is 9.13 Å². The molecule has 0 amide bonds. The molecule has 0 aliphatic carbocycles. The molecule has 6 nitrogen and oxygen atoms in total. The SMILES string of the molecule is Brc1cc(/C=N/c2ccc(/N=C/c3ccc(-n4ccnc4)c(Br)c3)c3ccccc23)ccc1-n1ccnc1. The molecule has 0 saturated carbocycles. The Morgan fingerprint density at radius 2 is 1.08 bits per heavy atom. The largest absolute Gasteiger partial charge is 0.305 e. The number of aliphatic imine (C=N–C) groups is 2. The van der Waals surface area contributed by atoms with Gasteiger partial charge in [0.1, 0.15) is 0 Å². The monoisotopic (exact) mass is 622 g/mol. The van der Waals surface area contributed by atoms with Gasteiger partial charge in [-0.3, -0.25) is 9.98 Å². The maximum Gasteiger partial charge on any atom is 0.0992 e. The number of hydrogen-bond acceptors (Lipinski definition) is 4. The maximum absolute atomic E-state index is 4.81. The van der Waals surface area contributed by atoms with Crippen molar-refractivity contribution >= 4 is 66.4 Å². The Bertz CT molecular complexity index is 1660. The zero-order valence-electron chi connectivity index (χ0n) is 20.0. The van der Waals surface area contributed by atoms with E-state index in [9.17, 15) is 0 Å². The number of imidazole rings is 2. The molecule has 2 heterocycles. The molecular formula is C30H20Br2N6. The maximum atomic E-state index is 4.81. The lowest BCUT2D eigenvalue weighted by Gasteiger charge is -2.08. The van der Waals surface area contributed by atoms with E-state index in [1.54, 1.807) is 25.0 Å². The number of halogens is 2. The highest BCUT2D eigenvalue weighted by Gasteiger charge is 2.07. The second-order valence-corrected chi connectivity index (χ2v) is 10.2. The lowest BCUT2D eigenvalue weighted by molar-refractivity contribution is 1.05. The summed E-state index contributed by atoms with van der Waals surface area (Å²) in [6.07, 6.45) is 14.7. The first-order valence-corrected chi connectivity index (χ1v) is 13.4. The summed E-state index contributed by atoms with van der Waals surface area (Å²) >= 11 is 7.33. The average Bonchev–Trinajstić information content (AvgIpc) is 3.66. The molecule has 0 atom stereocenters. The highest BCUT2D eigenvalue weighted by Crippen LogP contribution is 2.34. The van der Waals surface area contributed by atoms with Gasteiger partial charge in [-0.05, 0) is 79.4 Å². The van der Waals surface area contributed by atoms with Gasteiger partial charge in [0, 0.05) is 56.9 Å². The van der Waals surface area contributed by atoms with Gasteiger partial charge in [-0.2, -0.15) is 0 Å². The first kappa shape index (κ1) is 24.2. The molecule has 6 aromatic rings. The van der Waals surface area contributed by atoms with Crippen molar-refractivity contribution in [1.29, 1.82) is 0 Å². The van der Waals surface area contributed by atoms with Crippen molar-refractivity contribution < 1.29 is 0 Å². The summed E-state index contributed by atoms with van der Waals surface area (Å²) in [5, 5.41) is 2.09. The molecule has 8 heteroatoms. The van der Waals surface area contributed by atoms with Crippen molar-refractivity contribution in [3.8, 4) is 11.4 Å². The summed E-state index contributed by atoms with van der Waals surface area (Å²) in [6.45, 7) is 0. The fraction of sp³-hybridized carbons (Fsp3) is 0. The average molecular weight is 624 g/mol. The minimum atomic E-state index is 0.891. The molecule has 0 spiro atoms. The molecule has 0 saturated heterocycles. The van der Waals surface area contributed by atoms with E-state index in [0.717, 1.165) is 53.6 Å². The van der Waals surface area contributed by atoms with Crippen LogP contribution in [0.3, 0.4) is 0 Å². The van der Waals surface area contributed by atoms with E-state index < -0.39 is 0 Å². The summed E-state index contributed by atoms with van der Waals surface area (Å²) in [5.41, 5.74) is 5.82. The summed E-state index contributed by atoms with van der Waals surface area (Å²) in [6, 6.07) is 24.5. The van der Waals surface area contributed by atoms with Gasteiger partial charge in [-0.15, -0.1) is 0 Å². The lowest BCUT2D eigenvalue weighted by atomic mass is 10.1. The zero-order valence-corrected chi connectivity index (χ0v) is 23.2. The van der Waals surface area contributed by atoms with Crippen LogP contribution in [-0.2, 0) is 0 Å². The van der Waals surface area contributed by atoms with Crippen molar-refractivity contribution in [2.45, 2.75) is 0 Å². The molecule has 0 fully saturated rings. The van der Waals surface area contributed by atoms with Crippen LogP contribution in [-0.4, -0.2) is 31.5 Å². The van der Waals surface area contributed by atoms with Crippen LogP contribution in [0.5, 0.6) is 0 Å². The molecular weight excluding hydrogens is 604 g/mol. The number of benzene rings is 4. The van der Waals surface area contributed by atoms with E-state index in [4.69, 9.17) is 9.98 Å². The Morgan fingerprint density at radius 1 is 0.605 bits per heavy atom. The third-order valence-corrected chi connectivity index (χ3v) is 7.36. The standard InChI is InChI=1S/C30H20Br2N6/c31-25-15-21(5-9-29(25)37-13-11-33-19-37)17-35-27-7-8-28(24-4-2-1-3-23(24)27)36-18-22-6-10-30(26(32)16-22)38-14-12-34-20-38/h1-20H/b35-17+,36-18+. The molecule has 184 valence electrons. The van der Waals surface area contributed by atoms with Gasteiger partial charge in [-0.1, -0.05) is 36.4 Å². The lowest BCUT2D eigenvalue weighted by Crippen LogP contribution is -1.93. The molecule has 0 N–H and O–H groups in total. The second kappa shape index (κ2) is 10.7. The number of fused-ring (bicyclic) bond motifs is 1. The van der Waals surface area contributed by atoms with Crippen LogP contribution in [0.25, 0.3) is 22.1 Å². The fourth-order valence-electron chi connectivity index (χ4n) is 4.21. The number of hydrogen-bond donors (Lipinski definition) is 0. The van der Waals surface area contributed by atoms with Gasteiger partial charge in [0.2, 0.25) is 0 Å². The fourth-order valence-corrected chi connectivity index (χ4v) is 5.41. The molecule has 4 aromatic carbocycles. The molecule has 0 unspecified atom stereocenters. The predicted molar refractivity (Wildman–Crippen MR) is 161 cm³/mol. The molecule has 0 aliphatic heterocycles. The van der Waals surface area contributed by atoms with Gasteiger partial charge in [0.25, 0.3) is 0 Å². The summed E-state index contributed by atoms with van der Waals surface area (Å²) in [7, 11) is 0. The van der Waals surface area contributed by atoms with Crippen molar-refractivity contribution in [3.05, 3.63) is 130 Å². The van der Waals surface area contributed by atoms with Crippen LogP contribution in [0.1, 0.15) is 11.1 Å². The van der Waals surface area contributed by atoms with Crippen molar-refractivity contribution in [2.75, 3.05) is 0 Å². The molecule has 0 bridgehead atoms. The highest BCUT2D eigenvalue weighted by molar-refractivity contribution is 9.11. The van der Waals surface area contributed by atoms with Crippen LogP contribution in [0.2, 0.25) is 0 Å². The van der Waals surface area contributed by atoms with Crippen LogP contribution >= 0.6 is 31.9 Å². The topological polar surface area (TPSA) is 60.4 Å². The van der Waals surface area contributed by atoms with E-state index in [0.29, 0.717) is 0 Å². The van der Waals surface area contributed by atoms with Gasteiger partial charge in [0.05, 0.1) is 35.4 Å². The van der Waals surface area contributed by atoms with Crippen LogP contribution in [0.4, 0.5) is 11.4 Å². The van der Waals surface area contributed by atoms with Gasteiger partial charge in [0.15, 0.2) is 0 Å². The van der Waals surface area contributed by atoms with Crippen LogP contribution < -0.4 is 0 Å². The summed E-state index contributed by atoms with van der Waals surface area (Å²) < 4.78 is 5.87. The Morgan fingerprint density at radius 3 is 1.47 bits per heavy atom. The molecule has 2 aromatic heterocycles. The van der Waals surface area contributed by atoms with Crippen LogP contribution in [0.15, 0.2) is 129 Å². The van der Waals surface area contributed by atoms with Crippen molar-refractivity contribution in [1.82, 2.24) is 19.1 Å². The molecule has 0 radical (unpaired) electrons. The van der Waals surface area contributed by atoms with E-state index >= 15 is 0 Å². The Hall–Kier alpha value is -4.14. The summed E-state index contributed by atoms with van der Waals surface area (Å²) in [5.74, 6) is 0.